The van der Waals surface area contributed by atoms with Crippen molar-refractivity contribution in [2.75, 3.05) is 13.7 Å². The number of esters is 2. The molecule has 0 aromatic heterocycles. The van der Waals surface area contributed by atoms with Crippen molar-refractivity contribution in [1.29, 1.82) is 0 Å². The first-order valence-electron chi connectivity index (χ1n) is 11.2. The molecule has 10 nitrogen and oxygen atoms in total. The Morgan fingerprint density at radius 3 is 1.89 bits per heavy atom. The number of phenolic OH excluding ortho intramolecular Hbond substituents is 4. The number of ether oxygens (including phenoxy) is 4. The minimum Gasteiger partial charge on any atom is -0.508 e. The summed E-state index contributed by atoms with van der Waals surface area (Å²) < 4.78 is 22.6. The molecular formula is C25H28O10. The number of fused-ring (bicyclic) bond motifs is 4. The number of rotatable bonds is 1. The summed E-state index contributed by atoms with van der Waals surface area (Å²) in [6.45, 7) is 6.21. The van der Waals surface area contributed by atoms with Crippen molar-refractivity contribution in [2.24, 2.45) is 11.8 Å². The van der Waals surface area contributed by atoms with Crippen LogP contribution in [0.1, 0.15) is 45.7 Å². The van der Waals surface area contributed by atoms with Gasteiger partial charge in [0.2, 0.25) is 0 Å². The zero-order valence-corrected chi connectivity index (χ0v) is 20.0. The summed E-state index contributed by atoms with van der Waals surface area (Å²) in [6.07, 6.45) is -2.38. The molecule has 4 N–H and O–H groups in total. The van der Waals surface area contributed by atoms with Gasteiger partial charge in [0.25, 0.3) is 0 Å². The fourth-order valence-corrected chi connectivity index (χ4v) is 4.60. The molecule has 5 atom stereocenters. The van der Waals surface area contributed by atoms with E-state index < -0.39 is 41.9 Å². The Labute approximate surface area is 201 Å². The van der Waals surface area contributed by atoms with Crippen molar-refractivity contribution in [1.82, 2.24) is 0 Å². The molecule has 2 aromatic carbocycles. The van der Waals surface area contributed by atoms with Gasteiger partial charge in [-0.15, -0.1) is 0 Å². The van der Waals surface area contributed by atoms with Gasteiger partial charge in [-0.25, -0.2) is 9.59 Å². The Balaban J connectivity index is 1.99. The van der Waals surface area contributed by atoms with E-state index in [1.54, 1.807) is 0 Å². The SMILES string of the molecule is CO[C@@H]1OC2COC(=O)c3cc(O)c(C)c(O)c3-c3c(cc(O)c(C)c3O)C(=O)O[C@H]2[C@H](C)C1C. The quantitative estimate of drug-likeness (QED) is 0.441. The van der Waals surface area contributed by atoms with E-state index in [9.17, 15) is 30.0 Å². The molecule has 0 amide bonds. The molecular weight excluding hydrogens is 460 g/mol. The molecule has 1 saturated heterocycles. The fraction of sp³-hybridized carbons (Fsp3) is 0.440. The molecule has 0 radical (unpaired) electrons. The second kappa shape index (κ2) is 8.94. The number of carbonyl (C=O) groups is 2. The minimum atomic E-state index is -0.932. The van der Waals surface area contributed by atoms with Crippen LogP contribution in [0.15, 0.2) is 12.1 Å². The standard InChI is InChI=1S/C25H28O10/c1-9-10(2)25(32-5)34-17-8-33-23(30)13-6-15(26)11(3)20(28)18(13)19-14(24(31)35-22(9)17)7-16(27)12(4)21(19)29/h6-7,9-10,17,22,25-29H,8H2,1-5H3/t9-,10?,17?,22+,25-/m1/s1. The van der Waals surface area contributed by atoms with Crippen molar-refractivity contribution in [3.05, 3.63) is 34.4 Å². The molecule has 2 unspecified atom stereocenters. The predicted molar refractivity (Wildman–Crippen MR) is 121 cm³/mol. The highest BCUT2D eigenvalue weighted by atomic mass is 16.7. The number of benzene rings is 2. The van der Waals surface area contributed by atoms with Crippen LogP contribution in [0.5, 0.6) is 23.0 Å². The Morgan fingerprint density at radius 1 is 0.857 bits per heavy atom. The van der Waals surface area contributed by atoms with Gasteiger partial charge in [-0.1, -0.05) is 13.8 Å². The molecule has 2 heterocycles. The fourth-order valence-electron chi connectivity index (χ4n) is 4.60. The van der Waals surface area contributed by atoms with Gasteiger partial charge in [-0.05, 0) is 26.0 Å². The van der Waals surface area contributed by atoms with E-state index >= 15 is 0 Å². The number of cyclic esters (lactones) is 1. The highest BCUT2D eigenvalue weighted by Gasteiger charge is 2.45. The monoisotopic (exact) mass is 488 g/mol. The molecule has 0 spiro atoms. The summed E-state index contributed by atoms with van der Waals surface area (Å²) in [5.74, 6) is -4.16. The van der Waals surface area contributed by atoms with E-state index in [4.69, 9.17) is 18.9 Å². The second-order valence-electron chi connectivity index (χ2n) is 9.05. The Morgan fingerprint density at radius 2 is 1.37 bits per heavy atom. The third kappa shape index (κ3) is 3.92. The van der Waals surface area contributed by atoms with E-state index in [2.05, 4.69) is 0 Å². The lowest BCUT2D eigenvalue weighted by Crippen LogP contribution is -2.53. The van der Waals surface area contributed by atoms with Crippen LogP contribution < -0.4 is 0 Å². The van der Waals surface area contributed by atoms with Gasteiger partial charge in [0.15, 0.2) is 6.29 Å². The zero-order chi connectivity index (χ0) is 25.8. The van der Waals surface area contributed by atoms with E-state index in [0.29, 0.717) is 0 Å². The van der Waals surface area contributed by atoms with Crippen molar-refractivity contribution in [3.8, 4) is 34.1 Å². The normalized spacial score (nSPS) is 26.5. The summed E-state index contributed by atoms with van der Waals surface area (Å²) in [4.78, 5) is 26.7. The zero-order valence-electron chi connectivity index (χ0n) is 20.0. The van der Waals surface area contributed by atoms with Gasteiger partial charge in [0.05, 0.1) is 11.1 Å². The van der Waals surface area contributed by atoms with Crippen LogP contribution in [-0.2, 0) is 18.9 Å². The molecule has 0 aliphatic carbocycles. The van der Waals surface area contributed by atoms with Crippen molar-refractivity contribution < 1.29 is 49.0 Å². The van der Waals surface area contributed by atoms with Gasteiger partial charge >= 0.3 is 11.9 Å². The molecule has 2 aliphatic heterocycles. The van der Waals surface area contributed by atoms with Crippen LogP contribution in [0, 0.1) is 25.7 Å². The second-order valence-corrected chi connectivity index (χ2v) is 9.05. The summed E-state index contributed by atoms with van der Waals surface area (Å²) in [7, 11) is 1.48. The van der Waals surface area contributed by atoms with Crippen LogP contribution >= 0.6 is 0 Å². The van der Waals surface area contributed by atoms with Gasteiger partial charge < -0.3 is 39.4 Å². The maximum atomic E-state index is 13.5. The van der Waals surface area contributed by atoms with Crippen molar-refractivity contribution in [2.45, 2.75) is 46.2 Å². The summed E-state index contributed by atoms with van der Waals surface area (Å²) in [5, 5.41) is 42.6. The van der Waals surface area contributed by atoms with Crippen LogP contribution in [0.25, 0.3) is 11.1 Å². The summed E-state index contributed by atoms with van der Waals surface area (Å²) in [5.41, 5.74) is -1.02. The minimum absolute atomic E-state index is 0.0123. The number of phenols is 4. The maximum Gasteiger partial charge on any atom is 0.339 e. The Kier molecular flexibility index (Phi) is 6.29. The first kappa shape index (κ1) is 24.6. The lowest BCUT2D eigenvalue weighted by molar-refractivity contribution is -0.259. The average molecular weight is 488 g/mol. The van der Waals surface area contributed by atoms with Crippen molar-refractivity contribution >= 4 is 11.9 Å². The molecule has 10 heteroatoms. The van der Waals surface area contributed by atoms with Gasteiger partial charge in [-0.3, -0.25) is 0 Å². The van der Waals surface area contributed by atoms with E-state index in [1.807, 2.05) is 13.8 Å². The summed E-state index contributed by atoms with van der Waals surface area (Å²) in [6, 6.07) is 2.19. The third-order valence-electron chi connectivity index (χ3n) is 7.05. The Bertz CT molecular complexity index is 1200. The van der Waals surface area contributed by atoms with Crippen LogP contribution in [-0.4, -0.2) is 64.6 Å². The number of aromatic hydroxyl groups is 4. The Hall–Kier alpha value is -3.50. The van der Waals surface area contributed by atoms with E-state index in [0.717, 1.165) is 12.1 Å². The van der Waals surface area contributed by atoms with Crippen LogP contribution in [0.3, 0.4) is 0 Å². The smallest absolute Gasteiger partial charge is 0.339 e. The average Bonchev–Trinajstić information content (AvgIpc) is 2.84. The highest BCUT2D eigenvalue weighted by Crippen LogP contribution is 2.48. The van der Waals surface area contributed by atoms with Crippen LogP contribution in [0.4, 0.5) is 0 Å². The molecule has 0 saturated carbocycles. The van der Waals surface area contributed by atoms with Gasteiger partial charge in [0, 0.05) is 41.2 Å². The maximum absolute atomic E-state index is 13.5. The van der Waals surface area contributed by atoms with E-state index in [1.165, 1.54) is 21.0 Å². The molecule has 2 aromatic rings. The number of methoxy groups -OCH3 is 1. The lowest BCUT2D eigenvalue weighted by atomic mass is 9.84. The first-order valence-corrected chi connectivity index (χ1v) is 11.2. The van der Waals surface area contributed by atoms with Crippen LogP contribution in [0.2, 0.25) is 0 Å². The molecule has 1 fully saturated rings. The summed E-state index contributed by atoms with van der Waals surface area (Å²) >= 11 is 0. The number of carbonyl (C=O) groups excluding carboxylic acids is 2. The molecule has 4 rings (SSSR count). The number of hydrogen-bond acceptors (Lipinski definition) is 10. The molecule has 2 aliphatic rings. The molecule has 35 heavy (non-hydrogen) atoms. The third-order valence-corrected chi connectivity index (χ3v) is 7.05. The van der Waals surface area contributed by atoms with Gasteiger partial charge in [-0.2, -0.15) is 0 Å². The first-order chi connectivity index (χ1) is 16.5. The van der Waals surface area contributed by atoms with Gasteiger partial charge in [0.1, 0.15) is 41.8 Å². The highest BCUT2D eigenvalue weighted by molar-refractivity contribution is 6.07. The largest absolute Gasteiger partial charge is 0.508 e. The predicted octanol–water partition coefficient (Wildman–Crippen LogP) is 3.13. The molecule has 188 valence electrons. The van der Waals surface area contributed by atoms with E-state index in [-0.39, 0.29) is 63.3 Å². The molecule has 0 bridgehead atoms. The lowest BCUT2D eigenvalue weighted by Gasteiger charge is -2.43. The number of hydrogen-bond donors (Lipinski definition) is 4. The topological polar surface area (TPSA) is 152 Å². The van der Waals surface area contributed by atoms with Crippen molar-refractivity contribution in [3.63, 3.8) is 0 Å².